The van der Waals surface area contributed by atoms with Crippen molar-refractivity contribution in [1.82, 2.24) is 15.2 Å². The van der Waals surface area contributed by atoms with Gasteiger partial charge in [0.05, 0.1) is 10.7 Å². The minimum atomic E-state index is -0.879. The van der Waals surface area contributed by atoms with Crippen LogP contribution in [0.15, 0.2) is 23.6 Å². The average Bonchev–Trinajstić information content (AvgIpc) is 3.07. The third-order valence-electron chi connectivity index (χ3n) is 4.03. The van der Waals surface area contributed by atoms with E-state index in [2.05, 4.69) is 10.3 Å². The zero-order chi connectivity index (χ0) is 16.9. The number of thiazole rings is 1. The highest BCUT2D eigenvalue weighted by molar-refractivity contribution is 7.09. The summed E-state index contributed by atoms with van der Waals surface area (Å²) < 4.78 is 26.3. The maximum absolute atomic E-state index is 13.3. The molecule has 0 spiro atoms. The van der Waals surface area contributed by atoms with E-state index < -0.39 is 11.6 Å². The molecular weight excluding hydrogens is 332 g/mol. The fraction of sp³-hybridized carbons (Fsp3) is 0.412. The van der Waals surface area contributed by atoms with Gasteiger partial charge in [-0.2, -0.15) is 0 Å². The number of benzene rings is 1. The molecule has 2 heterocycles. The van der Waals surface area contributed by atoms with Crippen LogP contribution < -0.4 is 5.32 Å². The van der Waals surface area contributed by atoms with Crippen LogP contribution in [0.25, 0.3) is 11.3 Å². The standard InChI is InChI=1S/C17H19F2N3OS/c18-13-5-4-12(10-14(13)19)15-11-24-16(21-15)6-7-20-17(23)22-8-2-1-3-9-22/h4-5,10-11H,1-3,6-9H2,(H,20,23). The second kappa shape index (κ2) is 7.70. The number of likely N-dealkylation sites (tertiary alicyclic amines) is 1. The first-order chi connectivity index (χ1) is 11.6. The van der Waals surface area contributed by atoms with E-state index >= 15 is 0 Å². The second-order valence-electron chi connectivity index (χ2n) is 5.79. The van der Waals surface area contributed by atoms with E-state index in [-0.39, 0.29) is 6.03 Å². The van der Waals surface area contributed by atoms with Gasteiger partial charge in [0.2, 0.25) is 0 Å². The molecular formula is C17H19F2N3OS. The van der Waals surface area contributed by atoms with Crippen LogP contribution in [0.3, 0.4) is 0 Å². The summed E-state index contributed by atoms with van der Waals surface area (Å²) >= 11 is 1.45. The van der Waals surface area contributed by atoms with Gasteiger partial charge in [0.1, 0.15) is 0 Å². The Labute approximate surface area is 143 Å². The van der Waals surface area contributed by atoms with Crippen LogP contribution in [0.5, 0.6) is 0 Å². The summed E-state index contributed by atoms with van der Waals surface area (Å²) in [6, 6.07) is 3.73. The predicted octanol–water partition coefficient (Wildman–Crippen LogP) is 3.83. The first kappa shape index (κ1) is 16.8. The minimum absolute atomic E-state index is 0.0212. The van der Waals surface area contributed by atoms with Crippen molar-refractivity contribution in [3.05, 3.63) is 40.2 Å². The van der Waals surface area contributed by atoms with E-state index in [9.17, 15) is 13.6 Å². The highest BCUT2D eigenvalue weighted by atomic mass is 32.1. The lowest BCUT2D eigenvalue weighted by atomic mass is 10.1. The smallest absolute Gasteiger partial charge is 0.317 e. The van der Waals surface area contributed by atoms with E-state index in [0.717, 1.165) is 43.1 Å². The van der Waals surface area contributed by atoms with E-state index in [0.29, 0.717) is 24.2 Å². The van der Waals surface area contributed by atoms with Crippen molar-refractivity contribution in [2.75, 3.05) is 19.6 Å². The fourth-order valence-electron chi connectivity index (χ4n) is 2.70. The Hall–Kier alpha value is -2.02. The van der Waals surface area contributed by atoms with Crippen LogP contribution in [0.4, 0.5) is 13.6 Å². The van der Waals surface area contributed by atoms with Gasteiger partial charge in [0, 0.05) is 37.0 Å². The Balaban J connectivity index is 1.52. The largest absolute Gasteiger partial charge is 0.338 e. The number of carbonyl (C=O) groups excluding carboxylic acids is 1. The summed E-state index contributed by atoms with van der Waals surface area (Å²) in [5, 5.41) is 5.58. The zero-order valence-corrected chi connectivity index (χ0v) is 14.0. The molecule has 0 saturated carbocycles. The molecule has 1 aromatic heterocycles. The summed E-state index contributed by atoms with van der Waals surface area (Å²) in [4.78, 5) is 18.3. The van der Waals surface area contributed by atoms with Gasteiger partial charge in [0.15, 0.2) is 11.6 Å². The number of halogens is 2. The van der Waals surface area contributed by atoms with Gasteiger partial charge in [-0.15, -0.1) is 11.3 Å². The number of nitrogens with one attached hydrogen (secondary N) is 1. The molecule has 1 N–H and O–H groups in total. The molecule has 1 aromatic carbocycles. The first-order valence-electron chi connectivity index (χ1n) is 8.06. The molecule has 1 aliphatic rings. The highest BCUT2D eigenvalue weighted by Gasteiger charge is 2.15. The Morgan fingerprint density at radius 2 is 2.00 bits per heavy atom. The molecule has 0 unspecified atom stereocenters. The van der Waals surface area contributed by atoms with Crippen molar-refractivity contribution in [2.24, 2.45) is 0 Å². The van der Waals surface area contributed by atoms with Gasteiger partial charge in [-0.05, 0) is 37.5 Å². The average molecular weight is 351 g/mol. The van der Waals surface area contributed by atoms with E-state index in [4.69, 9.17) is 0 Å². The Bertz CT molecular complexity index is 714. The summed E-state index contributed by atoms with van der Waals surface area (Å²) in [6.07, 6.45) is 3.94. The molecule has 128 valence electrons. The fourth-order valence-corrected chi connectivity index (χ4v) is 3.51. The van der Waals surface area contributed by atoms with Gasteiger partial charge in [-0.25, -0.2) is 18.6 Å². The maximum atomic E-state index is 13.3. The van der Waals surface area contributed by atoms with Crippen molar-refractivity contribution >= 4 is 17.4 Å². The van der Waals surface area contributed by atoms with Crippen molar-refractivity contribution < 1.29 is 13.6 Å². The topological polar surface area (TPSA) is 45.2 Å². The summed E-state index contributed by atoms with van der Waals surface area (Å²) in [7, 11) is 0. The normalized spacial score (nSPS) is 14.7. The van der Waals surface area contributed by atoms with E-state index in [1.807, 2.05) is 10.3 Å². The number of aromatic nitrogens is 1. The van der Waals surface area contributed by atoms with Crippen molar-refractivity contribution in [2.45, 2.75) is 25.7 Å². The quantitative estimate of drug-likeness (QED) is 0.910. The van der Waals surface area contributed by atoms with Crippen LogP contribution in [-0.4, -0.2) is 35.5 Å². The molecule has 0 aliphatic carbocycles. The molecule has 1 saturated heterocycles. The number of piperidine rings is 1. The van der Waals surface area contributed by atoms with Crippen LogP contribution in [0, 0.1) is 11.6 Å². The van der Waals surface area contributed by atoms with Gasteiger partial charge in [-0.1, -0.05) is 0 Å². The molecule has 24 heavy (non-hydrogen) atoms. The second-order valence-corrected chi connectivity index (χ2v) is 6.73. The SMILES string of the molecule is O=C(NCCc1nc(-c2ccc(F)c(F)c2)cs1)N1CCCCC1. The number of hydrogen-bond donors (Lipinski definition) is 1. The molecule has 2 aromatic rings. The molecule has 7 heteroatoms. The predicted molar refractivity (Wildman–Crippen MR) is 90.0 cm³/mol. The van der Waals surface area contributed by atoms with Crippen molar-refractivity contribution in [3.8, 4) is 11.3 Å². The Morgan fingerprint density at radius 3 is 2.75 bits per heavy atom. The highest BCUT2D eigenvalue weighted by Crippen LogP contribution is 2.23. The molecule has 1 fully saturated rings. The summed E-state index contributed by atoms with van der Waals surface area (Å²) in [6.45, 7) is 2.16. The van der Waals surface area contributed by atoms with Crippen LogP contribution in [-0.2, 0) is 6.42 Å². The maximum Gasteiger partial charge on any atom is 0.317 e. The van der Waals surface area contributed by atoms with Gasteiger partial charge >= 0.3 is 6.03 Å². The Morgan fingerprint density at radius 1 is 1.21 bits per heavy atom. The van der Waals surface area contributed by atoms with E-state index in [1.54, 1.807) is 0 Å². The molecule has 3 rings (SSSR count). The molecule has 4 nitrogen and oxygen atoms in total. The van der Waals surface area contributed by atoms with Crippen LogP contribution in [0.1, 0.15) is 24.3 Å². The van der Waals surface area contributed by atoms with Gasteiger partial charge < -0.3 is 10.2 Å². The lowest BCUT2D eigenvalue weighted by Crippen LogP contribution is -2.43. The van der Waals surface area contributed by atoms with Crippen molar-refractivity contribution in [3.63, 3.8) is 0 Å². The van der Waals surface area contributed by atoms with E-state index in [1.165, 1.54) is 23.8 Å². The van der Waals surface area contributed by atoms with Crippen LogP contribution >= 0.6 is 11.3 Å². The third kappa shape index (κ3) is 4.08. The van der Waals surface area contributed by atoms with Crippen molar-refractivity contribution in [1.29, 1.82) is 0 Å². The lowest BCUT2D eigenvalue weighted by molar-refractivity contribution is 0.186. The first-order valence-corrected chi connectivity index (χ1v) is 8.94. The third-order valence-corrected chi connectivity index (χ3v) is 4.93. The lowest BCUT2D eigenvalue weighted by Gasteiger charge is -2.26. The number of amides is 2. The molecule has 0 atom stereocenters. The molecule has 0 bridgehead atoms. The van der Waals surface area contributed by atoms with Gasteiger partial charge in [0.25, 0.3) is 0 Å². The number of hydrogen-bond acceptors (Lipinski definition) is 3. The summed E-state index contributed by atoms with van der Waals surface area (Å²) in [5.74, 6) is -1.74. The zero-order valence-electron chi connectivity index (χ0n) is 13.2. The summed E-state index contributed by atoms with van der Waals surface area (Å²) in [5.41, 5.74) is 1.17. The number of rotatable bonds is 4. The number of urea groups is 1. The number of carbonyl (C=O) groups is 1. The molecule has 0 radical (unpaired) electrons. The molecule has 2 amide bonds. The van der Waals surface area contributed by atoms with Gasteiger partial charge in [-0.3, -0.25) is 0 Å². The number of nitrogens with zero attached hydrogens (tertiary/aromatic N) is 2. The minimum Gasteiger partial charge on any atom is -0.338 e. The molecule has 1 aliphatic heterocycles. The monoisotopic (exact) mass is 351 g/mol. The van der Waals surface area contributed by atoms with Crippen LogP contribution in [0.2, 0.25) is 0 Å². The Kier molecular flexibility index (Phi) is 5.40.